The number of rotatable bonds is 9. The molecule has 32 heavy (non-hydrogen) atoms. The molecule has 0 spiro atoms. The molecule has 6 nitrogen and oxygen atoms in total. The third-order valence-electron chi connectivity index (χ3n) is 4.60. The first kappa shape index (κ1) is 25.8. The van der Waals surface area contributed by atoms with Crippen LogP contribution in [0.25, 0.3) is 0 Å². The summed E-state index contributed by atoms with van der Waals surface area (Å²) in [7, 11) is -3.37. The summed E-state index contributed by atoms with van der Waals surface area (Å²) < 4.78 is 72.5. The molecule has 0 fully saturated rings. The van der Waals surface area contributed by atoms with Crippen molar-refractivity contribution in [2.75, 3.05) is 18.0 Å². The van der Waals surface area contributed by atoms with Gasteiger partial charge < -0.3 is 10.1 Å². The third-order valence-corrected chi connectivity index (χ3v) is 6.84. The van der Waals surface area contributed by atoms with Crippen LogP contribution in [-0.2, 0) is 21.0 Å². The fourth-order valence-corrected chi connectivity index (χ4v) is 5.02. The first-order valence-electron chi connectivity index (χ1n) is 9.73. The molecule has 0 aliphatic heterocycles. The normalized spacial score (nSPS) is 12.8. The minimum Gasteiger partial charge on any atom is -0.495 e. The lowest BCUT2D eigenvalue weighted by atomic mass is 10.2. The monoisotopic (exact) mass is 492 g/mol. The van der Waals surface area contributed by atoms with Crippen LogP contribution in [0.3, 0.4) is 0 Å². The molecule has 0 saturated heterocycles. The number of ether oxygens (including phenoxy) is 1. The van der Waals surface area contributed by atoms with Gasteiger partial charge in [0.1, 0.15) is 17.2 Å². The zero-order valence-electron chi connectivity index (χ0n) is 17.7. The number of carbonyl (C=O) groups is 1. The van der Waals surface area contributed by atoms with Crippen molar-refractivity contribution in [1.29, 1.82) is 0 Å². The van der Waals surface area contributed by atoms with E-state index in [4.69, 9.17) is 16.3 Å². The van der Waals surface area contributed by atoms with Gasteiger partial charge in [0.15, 0.2) is 0 Å². The van der Waals surface area contributed by atoms with Crippen molar-refractivity contribution in [2.24, 2.45) is 0 Å². The molecule has 0 radical (unpaired) electrons. The lowest BCUT2D eigenvalue weighted by Gasteiger charge is -2.27. The van der Waals surface area contributed by atoms with E-state index in [1.54, 1.807) is 13.0 Å². The van der Waals surface area contributed by atoms with Crippen LogP contribution >= 0.6 is 11.6 Å². The summed E-state index contributed by atoms with van der Waals surface area (Å²) in [5.41, 5.74) is -1.19. The Morgan fingerprint density at radius 1 is 1.22 bits per heavy atom. The minimum absolute atomic E-state index is 0.0122. The smallest absolute Gasteiger partial charge is 0.416 e. The maximum atomic E-state index is 13.5. The van der Waals surface area contributed by atoms with Gasteiger partial charge in [0.2, 0.25) is 5.91 Å². The Morgan fingerprint density at radius 2 is 1.88 bits per heavy atom. The maximum absolute atomic E-state index is 13.5. The second kappa shape index (κ2) is 10.4. The van der Waals surface area contributed by atoms with Crippen LogP contribution in [0.2, 0.25) is 5.02 Å². The van der Waals surface area contributed by atoms with Crippen molar-refractivity contribution in [3.63, 3.8) is 0 Å². The molecule has 1 N–H and O–H groups in total. The van der Waals surface area contributed by atoms with Gasteiger partial charge in [-0.25, -0.2) is 8.42 Å². The van der Waals surface area contributed by atoms with E-state index in [9.17, 15) is 26.4 Å². The molecular formula is C21H24ClF3N2O4S. The molecular weight excluding hydrogens is 469 g/mol. The van der Waals surface area contributed by atoms with Crippen LogP contribution in [0.1, 0.15) is 32.3 Å². The Bertz CT molecular complexity index is 1060. The highest BCUT2D eigenvalue weighted by molar-refractivity contribution is 7.93. The number of nitrogens with zero attached hydrogens (tertiary/aromatic N) is 1. The third kappa shape index (κ3) is 6.07. The number of benzene rings is 2. The largest absolute Gasteiger partial charge is 0.495 e. The number of carbonyl (C=O) groups excluding carboxylic acids is 1. The summed E-state index contributed by atoms with van der Waals surface area (Å²) in [4.78, 5) is 11.9. The molecule has 0 heterocycles. The summed E-state index contributed by atoms with van der Waals surface area (Å²) in [6, 6.07) is 7.77. The molecule has 0 unspecified atom stereocenters. The second-order valence-corrected chi connectivity index (χ2v) is 9.32. The standard InChI is InChI=1S/C21H24ClF3N2O4S/c1-4-7-14(2)26-20(28)13-27(17-8-5-6-9-18(17)31-3)32(29,30)19-12-15(21(23,24)25)10-11-16(19)22/h5-6,8-12,14H,4,7,13H2,1-3H3,(H,26,28)/t14-/m1/s1. The lowest BCUT2D eigenvalue weighted by molar-refractivity contribution is -0.137. The zero-order chi connectivity index (χ0) is 24.1. The van der Waals surface area contributed by atoms with E-state index >= 15 is 0 Å². The van der Waals surface area contributed by atoms with Crippen molar-refractivity contribution >= 4 is 33.2 Å². The summed E-state index contributed by atoms with van der Waals surface area (Å²) >= 11 is 5.99. The number of sulfonamides is 1. The summed E-state index contributed by atoms with van der Waals surface area (Å²) in [5, 5.41) is 2.29. The van der Waals surface area contributed by atoms with Gasteiger partial charge in [-0.3, -0.25) is 9.10 Å². The topological polar surface area (TPSA) is 75.7 Å². The Morgan fingerprint density at radius 3 is 2.47 bits per heavy atom. The molecule has 0 bridgehead atoms. The van der Waals surface area contributed by atoms with Crippen molar-refractivity contribution in [1.82, 2.24) is 5.32 Å². The van der Waals surface area contributed by atoms with Crippen LogP contribution in [0.4, 0.5) is 18.9 Å². The van der Waals surface area contributed by atoms with Gasteiger partial charge in [0.05, 0.1) is 23.4 Å². The van der Waals surface area contributed by atoms with Crippen LogP contribution < -0.4 is 14.4 Å². The Balaban J connectivity index is 2.60. The molecule has 2 aromatic carbocycles. The van der Waals surface area contributed by atoms with Crippen LogP contribution in [0.5, 0.6) is 5.75 Å². The highest BCUT2D eigenvalue weighted by atomic mass is 35.5. The van der Waals surface area contributed by atoms with Gasteiger partial charge in [0, 0.05) is 6.04 Å². The van der Waals surface area contributed by atoms with Crippen molar-refractivity contribution in [3.05, 3.63) is 53.1 Å². The summed E-state index contributed by atoms with van der Waals surface area (Å²) in [6.07, 6.45) is -3.31. The highest BCUT2D eigenvalue weighted by Gasteiger charge is 2.36. The van der Waals surface area contributed by atoms with E-state index in [0.29, 0.717) is 22.9 Å². The molecule has 0 aliphatic rings. The van der Waals surface area contributed by atoms with E-state index in [0.717, 1.165) is 12.5 Å². The average molecular weight is 493 g/mol. The number of hydrogen-bond donors (Lipinski definition) is 1. The Hall–Kier alpha value is -2.46. The fourth-order valence-electron chi connectivity index (χ4n) is 3.09. The number of nitrogens with one attached hydrogen (secondary N) is 1. The predicted molar refractivity (Wildman–Crippen MR) is 116 cm³/mol. The first-order valence-corrected chi connectivity index (χ1v) is 11.6. The highest BCUT2D eigenvalue weighted by Crippen LogP contribution is 2.37. The molecule has 0 aliphatic carbocycles. The minimum atomic E-state index is -4.78. The van der Waals surface area contributed by atoms with Crippen LogP contribution in [0, 0.1) is 0 Å². The number of para-hydroxylation sites is 2. The molecule has 2 rings (SSSR count). The van der Waals surface area contributed by atoms with Crippen molar-refractivity contribution < 1.29 is 31.1 Å². The number of amides is 1. The first-order chi connectivity index (χ1) is 14.9. The molecule has 176 valence electrons. The molecule has 0 saturated carbocycles. The van der Waals surface area contributed by atoms with Crippen molar-refractivity contribution in [2.45, 2.75) is 43.8 Å². The maximum Gasteiger partial charge on any atom is 0.416 e. The van der Waals surface area contributed by atoms with E-state index in [2.05, 4.69) is 5.32 Å². The number of methoxy groups -OCH3 is 1. The molecule has 1 amide bonds. The molecule has 1 atom stereocenters. The summed E-state index contributed by atoms with van der Waals surface area (Å²) in [6.45, 7) is 3.03. The van der Waals surface area contributed by atoms with Gasteiger partial charge in [-0.1, -0.05) is 37.1 Å². The Kier molecular flexibility index (Phi) is 8.41. The number of anilines is 1. The summed E-state index contributed by atoms with van der Waals surface area (Å²) in [5.74, 6) is -0.503. The lowest BCUT2D eigenvalue weighted by Crippen LogP contribution is -2.43. The number of halogens is 4. The van der Waals surface area contributed by atoms with E-state index in [1.807, 2.05) is 6.92 Å². The van der Waals surface area contributed by atoms with Gasteiger partial charge in [-0.2, -0.15) is 13.2 Å². The van der Waals surface area contributed by atoms with Crippen LogP contribution in [0.15, 0.2) is 47.4 Å². The predicted octanol–water partition coefficient (Wildman–Crippen LogP) is 4.87. The average Bonchev–Trinajstić information content (AvgIpc) is 2.71. The van der Waals surface area contributed by atoms with Gasteiger partial charge in [-0.05, 0) is 43.7 Å². The van der Waals surface area contributed by atoms with E-state index < -0.39 is 44.1 Å². The van der Waals surface area contributed by atoms with Crippen LogP contribution in [-0.4, -0.2) is 34.0 Å². The zero-order valence-corrected chi connectivity index (χ0v) is 19.3. The fraction of sp³-hybridized carbons (Fsp3) is 0.381. The van der Waals surface area contributed by atoms with Gasteiger partial charge >= 0.3 is 6.18 Å². The van der Waals surface area contributed by atoms with Gasteiger partial charge in [0.25, 0.3) is 10.0 Å². The number of hydrogen-bond acceptors (Lipinski definition) is 4. The quantitative estimate of drug-likeness (QED) is 0.542. The Labute approximate surface area is 190 Å². The SMILES string of the molecule is CCC[C@@H](C)NC(=O)CN(c1ccccc1OC)S(=O)(=O)c1cc(C(F)(F)F)ccc1Cl. The molecule has 0 aromatic heterocycles. The molecule has 2 aromatic rings. The van der Waals surface area contributed by atoms with Crippen molar-refractivity contribution in [3.8, 4) is 5.75 Å². The van der Waals surface area contributed by atoms with E-state index in [1.165, 1.54) is 25.3 Å². The number of alkyl halides is 3. The second-order valence-electron chi connectivity index (χ2n) is 7.08. The van der Waals surface area contributed by atoms with E-state index in [-0.39, 0.29) is 17.5 Å². The van der Waals surface area contributed by atoms with Gasteiger partial charge in [-0.15, -0.1) is 0 Å². The molecule has 11 heteroatoms.